The SMILES string of the molecule is C#CCC1(O)COCC1(C)C. The summed E-state index contributed by atoms with van der Waals surface area (Å²) in [4.78, 5) is 0. The molecule has 2 nitrogen and oxygen atoms in total. The highest BCUT2D eigenvalue weighted by Crippen LogP contribution is 2.39. The topological polar surface area (TPSA) is 29.5 Å². The van der Waals surface area contributed by atoms with Crippen molar-refractivity contribution in [1.29, 1.82) is 0 Å². The van der Waals surface area contributed by atoms with Gasteiger partial charge in [0.05, 0.1) is 13.2 Å². The Hall–Kier alpha value is -0.520. The van der Waals surface area contributed by atoms with Gasteiger partial charge in [-0.1, -0.05) is 13.8 Å². The number of terminal acetylenes is 1. The molecule has 11 heavy (non-hydrogen) atoms. The fourth-order valence-corrected chi connectivity index (χ4v) is 1.26. The predicted octanol–water partition coefficient (Wildman–Crippen LogP) is 0.797. The van der Waals surface area contributed by atoms with Gasteiger partial charge in [-0.05, 0) is 0 Å². The zero-order valence-corrected chi connectivity index (χ0v) is 7.05. The monoisotopic (exact) mass is 154 g/mol. The smallest absolute Gasteiger partial charge is 0.106 e. The highest BCUT2D eigenvalue weighted by molar-refractivity contribution is 5.05. The lowest BCUT2D eigenvalue weighted by atomic mass is 9.76. The van der Waals surface area contributed by atoms with Gasteiger partial charge in [0.2, 0.25) is 0 Å². The minimum atomic E-state index is -0.818. The van der Waals surface area contributed by atoms with Crippen molar-refractivity contribution in [3.63, 3.8) is 0 Å². The van der Waals surface area contributed by atoms with Crippen LogP contribution in [0.15, 0.2) is 0 Å². The summed E-state index contributed by atoms with van der Waals surface area (Å²) in [5.41, 5.74) is -1.03. The van der Waals surface area contributed by atoms with Gasteiger partial charge in [0.25, 0.3) is 0 Å². The van der Waals surface area contributed by atoms with E-state index >= 15 is 0 Å². The van der Waals surface area contributed by atoms with E-state index in [1.165, 1.54) is 0 Å². The van der Waals surface area contributed by atoms with Crippen molar-refractivity contribution in [2.75, 3.05) is 13.2 Å². The Morgan fingerprint density at radius 1 is 1.55 bits per heavy atom. The Labute approximate surface area is 67.6 Å². The molecule has 0 amide bonds. The lowest BCUT2D eigenvalue weighted by molar-refractivity contribution is -0.0276. The third-order valence-electron chi connectivity index (χ3n) is 2.46. The molecule has 0 aliphatic carbocycles. The summed E-state index contributed by atoms with van der Waals surface area (Å²) in [6.45, 7) is 4.89. The summed E-state index contributed by atoms with van der Waals surface area (Å²) in [7, 11) is 0. The van der Waals surface area contributed by atoms with E-state index in [0.29, 0.717) is 19.6 Å². The number of hydrogen-bond acceptors (Lipinski definition) is 2. The molecule has 0 aromatic rings. The average Bonchev–Trinajstić information content (AvgIpc) is 2.09. The molecule has 1 saturated heterocycles. The van der Waals surface area contributed by atoms with Crippen LogP contribution < -0.4 is 0 Å². The molecule has 1 unspecified atom stereocenters. The first-order valence-electron chi connectivity index (χ1n) is 3.75. The second-order valence-corrected chi connectivity index (χ2v) is 3.79. The molecule has 0 saturated carbocycles. The molecule has 1 atom stereocenters. The van der Waals surface area contributed by atoms with E-state index in [1.807, 2.05) is 13.8 Å². The maximum Gasteiger partial charge on any atom is 0.106 e. The minimum absolute atomic E-state index is 0.209. The van der Waals surface area contributed by atoms with Crippen molar-refractivity contribution < 1.29 is 9.84 Å². The van der Waals surface area contributed by atoms with Gasteiger partial charge in [-0.2, -0.15) is 0 Å². The highest BCUT2D eigenvalue weighted by atomic mass is 16.5. The van der Waals surface area contributed by atoms with Crippen molar-refractivity contribution in [2.24, 2.45) is 5.41 Å². The Bertz CT molecular complexity index is 190. The van der Waals surface area contributed by atoms with E-state index in [0.717, 1.165) is 0 Å². The van der Waals surface area contributed by atoms with E-state index < -0.39 is 5.60 Å². The molecule has 0 aromatic carbocycles. The second-order valence-electron chi connectivity index (χ2n) is 3.79. The molecule has 2 heteroatoms. The van der Waals surface area contributed by atoms with Gasteiger partial charge >= 0.3 is 0 Å². The van der Waals surface area contributed by atoms with Crippen LogP contribution in [0.3, 0.4) is 0 Å². The molecule has 0 spiro atoms. The summed E-state index contributed by atoms with van der Waals surface area (Å²) in [5, 5.41) is 9.95. The number of ether oxygens (including phenoxy) is 1. The van der Waals surface area contributed by atoms with Crippen LogP contribution in [-0.4, -0.2) is 23.9 Å². The number of aliphatic hydroxyl groups is 1. The molecule has 1 heterocycles. The Morgan fingerprint density at radius 3 is 2.55 bits per heavy atom. The molecule has 1 aliphatic rings. The maximum absolute atomic E-state index is 9.95. The molecule has 0 radical (unpaired) electrons. The molecule has 62 valence electrons. The Kier molecular flexibility index (Phi) is 1.96. The van der Waals surface area contributed by atoms with Gasteiger partial charge in [0, 0.05) is 11.8 Å². The summed E-state index contributed by atoms with van der Waals surface area (Å²) < 4.78 is 5.18. The van der Waals surface area contributed by atoms with Gasteiger partial charge in [0.15, 0.2) is 0 Å². The van der Waals surface area contributed by atoms with Crippen molar-refractivity contribution in [2.45, 2.75) is 25.9 Å². The van der Waals surface area contributed by atoms with E-state index in [2.05, 4.69) is 5.92 Å². The van der Waals surface area contributed by atoms with Crippen molar-refractivity contribution >= 4 is 0 Å². The molecule has 1 fully saturated rings. The fourth-order valence-electron chi connectivity index (χ4n) is 1.26. The summed E-state index contributed by atoms with van der Waals surface area (Å²) in [5.74, 6) is 2.48. The molecule has 1 N–H and O–H groups in total. The summed E-state index contributed by atoms with van der Waals surface area (Å²) in [6.07, 6.45) is 5.52. The fraction of sp³-hybridized carbons (Fsp3) is 0.778. The minimum Gasteiger partial charge on any atom is -0.386 e. The Balaban J connectivity index is 2.77. The lowest BCUT2D eigenvalue weighted by Crippen LogP contribution is -2.43. The Morgan fingerprint density at radius 2 is 2.18 bits per heavy atom. The van der Waals surface area contributed by atoms with Gasteiger partial charge in [-0.25, -0.2) is 0 Å². The molecule has 1 rings (SSSR count). The normalized spacial score (nSPS) is 35.1. The van der Waals surface area contributed by atoms with Crippen LogP contribution >= 0.6 is 0 Å². The van der Waals surface area contributed by atoms with Gasteiger partial charge in [0.1, 0.15) is 5.60 Å². The first-order valence-corrected chi connectivity index (χ1v) is 3.75. The average molecular weight is 154 g/mol. The largest absolute Gasteiger partial charge is 0.386 e. The quantitative estimate of drug-likeness (QED) is 0.566. The van der Waals surface area contributed by atoms with Crippen molar-refractivity contribution in [3.05, 3.63) is 0 Å². The van der Waals surface area contributed by atoms with Crippen LogP contribution in [0.2, 0.25) is 0 Å². The maximum atomic E-state index is 9.95. The zero-order chi connectivity index (χ0) is 8.54. The third-order valence-corrected chi connectivity index (χ3v) is 2.46. The predicted molar refractivity (Wildman–Crippen MR) is 43.0 cm³/mol. The highest BCUT2D eigenvalue weighted by Gasteiger charge is 2.48. The summed E-state index contributed by atoms with van der Waals surface area (Å²) in [6, 6.07) is 0. The third kappa shape index (κ3) is 1.26. The first kappa shape index (κ1) is 8.58. The molecule has 0 bridgehead atoms. The van der Waals surface area contributed by atoms with Crippen LogP contribution in [0, 0.1) is 17.8 Å². The lowest BCUT2D eigenvalue weighted by Gasteiger charge is -2.32. The number of hydrogen-bond donors (Lipinski definition) is 1. The van der Waals surface area contributed by atoms with Crippen LogP contribution in [0.1, 0.15) is 20.3 Å². The standard InChI is InChI=1S/C9H14O2/c1-4-5-9(10)7-11-6-8(9,2)3/h1,10H,5-7H2,2-3H3. The summed E-state index contributed by atoms with van der Waals surface area (Å²) >= 11 is 0. The van der Waals surface area contributed by atoms with E-state index in [-0.39, 0.29) is 5.41 Å². The van der Waals surface area contributed by atoms with Crippen LogP contribution in [0.5, 0.6) is 0 Å². The van der Waals surface area contributed by atoms with Gasteiger partial charge in [-0.15, -0.1) is 12.3 Å². The van der Waals surface area contributed by atoms with Crippen molar-refractivity contribution in [3.8, 4) is 12.3 Å². The van der Waals surface area contributed by atoms with E-state index in [4.69, 9.17) is 11.2 Å². The van der Waals surface area contributed by atoms with Crippen LogP contribution in [-0.2, 0) is 4.74 Å². The first-order chi connectivity index (χ1) is 5.02. The second kappa shape index (κ2) is 2.51. The molecule has 1 aliphatic heterocycles. The van der Waals surface area contributed by atoms with Gasteiger partial charge in [-0.3, -0.25) is 0 Å². The molecule has 0 aromatic heterocycles. The molecular formula is C9H14O2. The van der Waals surface area contributed by atoms with Crippen LogP contribution in [0.25, 0.3) is 0 Å². The van der Waals surface area contributed by atoms with Crippen molar-refractivity contribution in [1.82, 2.24) is 0 Å². The van der Waals surface area contributed by atoms with E-state index in [9.17, 15) is 5.11 Å². The van der Waals surface area contributed by atoms with E-state index in [1.54, 1.807) is 0 Å². The molecular weight excluding hydrogens is 140 g/mol. The zero-order valence-electron chi connectivity index (χ0n) is 7.05. The number of rotatable bonds is 1. The van der Waals surface area contributed by atoms with Gasteiger partial charge < -0.3 is 9.84 Å². The van der Waals surface area contributed by atoms with Crippen LogP contribution in [0.4, 0.5) is 0 Å².